The Hall–Kier alpha value is -2.70. The van der Waals surface area contributed by atoms with E-state index in [2.05, 4.69) is 22.0 Å². The SMILES string of the molecule is CCN(Cc1ccccc1Cl)Cc1nnc2n(C)c(=O)c3ccccc3n12. The predicted octanol–water partition coefficient (Wildman–Crippen LogP) is 3.26. The van der Waals surface area contributed by atoms with Crippen molar-refractivity contribution in [2.24, 2.45) is 7.05 Å². The molecule has 0 bridgehead atoms. The van der Waals surface area contributed by atoms with Gasteiger partial charge >= 0.3 is 0 Å². The number of aromatic nitrogens is 4. The van der Waals surface area contributed by atoms with E-state index in [1.807, 2.05) is 52.9 Å². The Morgan fingerprint density at radius 3 is 2.56 bits per heavy atom. The van der Waals surface area contributed by atoms with Crippen LogP contribution < -0.4 is 5.56 Å². The van der Waals surface area contributed by atoms with Gasteiger partial charge in [0.05, 0.1) is 17.4 Å². The topological polar surface area (TPSA) is 55.4 Å². The lowest BCUT2D eigenvalue weighted by atomic mass is 10.2. The van der Waals surface area contributed by atoms with E-state index in [-0.39, 0.29) is 5.56 Å². The van der Waals surface area contributed by atoms with Crippen molar-refractivity contribution in [1.29, 1.82) is 0 Å². The van der Waals surface area contributed by atoms with Crippen LogP contribution in [-0.4, -0.2) is 30.6 Å². The molecule has 4 rings (SSSR count). The maximum atomic E-state index is 12.6. The third-order valence-electron chi connectivity index (χ3n) is 4.86. The molecule has 2 aromatic heterocycles. The first kappa shape index (κ1) is 17.7. The van der Waals surface area contributed by atoms with Gasteiger partial charge in [-0.05, 0) is 30.3 Å². The van der Waals surface area contributed by atoms with Gasteiger partial charge in [0.2, 0.25) is 5.78 Å². The van der Waals surface area contributed by atoms with Gasteiger partial charge in [0.25, 0.3) is 5.56 Å². The van der Waals surface area contributed by atoms with Gasteiger partial charge in [-0.1, -0.05) is 48.9 Å². The number of rotatable bonds is 5. The summed E-state index contributed by atoms with van der Waals surface area (Å²) in [5, 5.41) is 10.1. The van der Waals surface area contributed by atoms with Crippen LogP contribution in [-0.2, 0) is 20.1 Å². The fourth-order valence-corrected chi connectivity index (χ4v) is 3.54. The zero-order valence-corrected chi connectivity index (χ0v) is 16.0. The molecule has 0 N–H and O–H groups in total. The summed E-state index contributed by atoms with van der Waals surface area (Å²) in [7, 11) is 1.73. The van der Waals surface area contributed by atoms with E-state index in [0.717, 1.165) is 35.0 Å². The van der Waals surface area contributed by atoms with Crippen LogP contribution in [0.15, 0.2) is 53.3 Å². The van der Waals surface area contributed by atoms with Gasteiger partial charge in [-0.25, -0.2) is 0 Å². The van der Waals surface area contributed by atoms with Gasteiger partial charge < -0.3 is 0 Å². The molecule has 0 saturated heterocycles. The van der Waals surface area contributed by atoms with Crippen LogP contribution in [0.1, 0.15) is 18.3 Å². The molecule has 2 aromatic carbocycles. The van der Waals surface area contributed by atoms with Crippen LogP contribution in [0, 0.1) is 0 Å². The van der Waals surface area contributed by atoms with Crippen LogP contribution >= 0.6 is 11.6 Å². The standard InChI is InChI=1S/C20H20ClN5O/c1-3-25(12-14-8-4-6-10-16(14)21)13-18-22-23-20-24(2)19(27)15-9-5-7-11-17(15)26(18)20/h4-11H,3,12-13H2,1-2H3. The quantitative estimate of drug-likeness (QED) is 0.532. The highest BCUT2D eigenvalue weighted by molar-refractivity contribution is 6.31. The van der Waals surface area contributed by atoms with Gasteiger partial charge in [-0.3, -0.25) is 18.7 Å². The van der Waals surface area contributed by atoms with Gasteiger partial charge in [-0.15, -0.1) is 10.2 Å². The zero-order valence-electron chi connectivity index (χ0n) is 15.3. The van der Waals surface area contributed by atoms with Gasteiger partial charge in [-0.2, -0.15) is 0 Å². The van der Waals surface area contributed by atoms with E-state index in [1.54, 1.807) is 11.6 Å². The molecule has 0 atom stereocenters. The number of hydrogen-bond donors (Lipinski definition) is 0. The molecule has 0 amide bonds. The highest BCUT2D eigenvalue weighted by Gasteiger charge is 2.17. The molecule has 0 saturated carbocycles. The van der Waals surface area contributed by atoms with Crippen molar-refractivity contribution in [1.82, 2.24) is 24.1 Å². The average molecular weight is 382 g/mol. The maximum Gasteiger partial charge on any atom is 0.262 e. The molecule has 0 fully saturated rings. The Labute approximate surface area is 161 Å². The van der Waals surface area contributed by atoms with Gasteiger partial charge in [0, 0.05) is 18.6 Å². The highest BCUT2D eigenvalue weighted by Crippen LogP contribution is 2.19. The second kappa shape index (κ2) is 7.13. The minimum atomic E-state index is -0.0690. The lowest BCUT2D eigenvalue weighted by molar-refractivity contribution is 0.264. The molecule has 0 unspecified atom stereocenters. The molecule has 27 heavy (non-hydrogen) atoms. The minimum absolute atomic E-state index is 0.0690. The lowest BCUT2D eigenvalue weighted by Gasteiger charge is -2.20. The van der Waals surface area contributed by atoms with E-state index in [9.17, 15) is 4.79 Å². The molecular formula is C20H20ClN5O. The molecule has 4 aromatic rings. The van der Waals surface area contributed by atoms with Crippen LogP contribution in [0.4, 0.5) is 0 Å². The molecule has 2 heterocycles. The number of hydrogen-bond acceptors (Lipinski definition) is 4. The van der Waals surface area contributed by atoms with E-state index in [4.69, 9.17) is 11.6 Å². The summed E-state index contributed by atoms with van der Waals surface area (Å²) in [5.74, 6) is 1.34. The Balaban J connectivity index is 1.78. The highest BCUT2D eigenvalue weighted by atomic mass is 35.5. The molecule has 7 heteroatoms. The molecule has 0 aliphatic heterocycles. The Morgan fingerprint density at radius 1 is 1.04 bits per heavy atom. The van der Waals surface area contributed by atoms with Crippen LogP contribution in [0.2, 0.25) is 5.02 Å². The number of benzene rings is 2. The van der Waals surface area contributed by atoms with Crippen LogP contribution in [0.25, 0.3) is 16.7 Å². The number of halogens is 1. The molecule has 0 spiro atoms. The molecule has 6 nitrogen and oxygen atoms in total. The summed E-state index contributed by atoms with van der Waals surface area (Å²) in [4.78, 5) is 14.8. The van der Waals surface area contributed by atoms with Crippen LogP contribution in [0.5, 0.6) is 0 Å². The molecule has 0 radical (unpaired) electrons. The number of aryl methyl sites for hydroxylation is 1. The predicted molar refractivity (Wildman–Crippen MR) is 107 cm³/mol. The summed E-state index contributed by atoms with van der Waals surface area (Å²) in [5.41, 5.74) is 1.83. The molecule has 0 aliphatic carbocycles. The van der Waals surface area contributed by atoms with Crippen molar-refractivity contribution in [2.45, 2.75) is 20.0 Å². The smallest absolute Gasteiger partial charge is 0.262 e. The van der Waals surface area contributed by atoms with Crippen molar-refractivity contribution in [3.8, 4) is 0 Å². The summed E-state index contributed by atoms with van der Waals surface area (Å²) in [6.07, 6.45) is 0. The number of fused-ring (bicyclic) bond motifs is 3. The molecule has 0 aliphatic rings. The van der Waals surface area contributed by atoms with Crippen molar-refractivity contribution in [3.05, 3.63) is 75.3 Å². The van der Waals surface area contributed by atoms with Crippen molar-refractivity contribution >= 4 is 28.3 Å². The summed E-state index contributed by atoms with van der Waals surface area (Å²) < 4.78 is 3.51. The Morgan fingerprint density at radius 2 is 1.78 bits per heavy atom. The van der Waals surface area contributed by atoms with Crippen molar-refractivity contribution < 1.29 is 0 Å². The third kappa shape index (κ3) is 3.11. The second-order valence-electron chi connectivity index (χ2n) is 6.53. The summed E-state index contributed by atoms with van der Waals surface area (Å²) in [6.45, 7) is 4.26. The fraction of sp³-hybridized carbons (Fsp3) is 0.250. The van der Waals surface area contributed by atoms with Crippen LogP contribution in [0.3, 0.4) is 0 Å². The fourth-order valence-electron chi connectivity index (χ4n) is 3.34. The lowest BCUT2D eigenvalue weighted by Crippen LogP contribution is -2.25. The monoisotopic (exact) mass is 381 g/mol. The minimum Gasteiger partial charge on any atom is -0.292 e. The van der Waals surface area contributed by atoms with Crippen molar-refractivity contribution in [2.75, 3.05) is 6.54 Å². The summed E-state index contributed by atoms with van der Waals surface area (Å²) in [6, 6.07) is 15.4. The largest absolute Gasteiger partial charge is 0.292 e. The molecular weight excluding hydrogens is 362 g/mol. The summed E-state index contributed by atoms with van der Waals surface area (Å²) >= 11 is 6.32. The first-order chi connectivity index (χ1) is 13.1. The molecule has 138 valence electrons. The van der Waals surface area contributed by atoms with E-state index in [0.29, 0.717) is 17.7 Å². The first-order valence-electron chi connectivity index (χ1n) is 8.87. The Bertz CT molecular complexity index is 1180. The van der Waals surface area contributed by atoms with Crippen molar-refractivity contribution in [3.63, 3.8) is 0 Å². The third-order valence-corrected chi connectivity index (χ3v) is 5.23. The number of nitrogens with zero attached hydrogens (tertiary/aromatic N) is 5. The van der Waals surface area contributed by atoms with Gasteiger partial charge in [0.1, 0.15) is 0 Å². The van der Waals surface area contributed by atoms with Gasteiger partial charge in [0.15, 0.2) is 5.82 Å². The Kier molecular flexibility index (Phi) is 4.68. The second-order valence-corrected chi connectivity index (χ2v) is 6.93. The normalized spacial score (nSPS) is 11.7. The first-order valence-corrected chi connectivity index (χ1v) is 9.25. The van der Waals surface area contributed by atoms with E-state index in [1.165, 1.54) is 0 Å². The van der Waals surface area contributed by atoms with E-state index >= 15 is 0 Å². The number of para-hydroxylation sites is 1. The maximum absolute atomic E-state index is 12.6. The van der Waals surface area contributed by atoms with E-state index < -0.39 is 0 Å². The zero-order chi connectivity index (χ0) is 19.0. The average Bonchev–Trinajstić information content (AvgIpc) is 3.11.